The van der Waals surface area contributed by atoms with Crippen LogP contribution in [-0.4, -0.2) is 40.6 Å². The van der Waals surface area contributed by atoms with Crippen molar-refractivity contribution in [1.82, 2.24) is 14.9 Å². The van der Waals surface area contributed by atoms with Gasteiger partial charge < -0.3 is 9.64 Å². The maximum atomic E-state index is 6.03. The first-order valence-corrected chi connectivity index (χ1v) is 10.0. The van der Waals surface area contributed by atoms with Crippen molar-refractivity contribution in [2.75, 3.05) is 19.3 Å². The summed E-state index contributed by atoms with van der Waals surface area (Å²) in [6.07, 6.45) is 6.30. The molecule has 1 aliphatic carbocycles. The lowest BCUT2D eigenvalue weighted by Gasteiger charge is -2.12. The zero-order valence-corrected chi connectivity index (χ0v) is 16.7. The van der Waals surface area contributed by atoms with Crippen molar-refractivity contribution in [2.24, 2.45) is 10.9 Å². The number of benzene rings is 1. The molecule has 1 fully saturated rings. The fraction of sp³-hybridized carbons (Fsp3) is 0.450. The number of nitrogens with zero attached hydrogens (tertiary/aromatic N) is 4. The molecule has 0 N–H and O–H groups in total. The van der Waals surface area contributed by atoms with E-state index in [1.807, 2.05) is 38.2 Å². The number of thioether (sulfide) groups is 1. The average molecular weight is 371 g/mol. The van der Waals surface area contributed by atoms with Crippen LogP contribution in [0.3, 0.4) is 0 Å². The van der Waals surface area contributed by atoms with Gasteiger partial charge in [-0.15, -0.1) is 0 Å². The Labute approximate surface area is 159 Å². The van der Waals surface area contributed by atoms with Crippen molar-refractivity contribution >= 4 is 23.8 Å². The topological polar surface area (TPSA) is 50.6 Å². The van der Waals surface area contributed by atoms with Gasteiger partial charge in [0.1, 0.15) is 5.75 Å². The molecule has 6 heteroatoms. The van der Waals surface area contributed by atoms with Gasteiger partial charge >= 0.3 is 0 Å². The first kappa shape index (κ1) is 18.7. The second kappa shape index (κ2) is 8.54. The van der Waals surface area contributed by atoms with Crippen LogP contribution in [0.1, 0.15) is 30.9 Å². The highest BCUT2D eigenvalue weighted by Gasteiger charge is 2.21. The first-order valence-electron chi connectivity index (χ1n) is 9.04. The molecule has 1 saturated carbocycles. The summed E-state index contributed by atoms with van der Waals surface area (Å²) >= 11 is 1.71. The Morgan fingerprint density at radius 2 is 2.12 bits per heavy atom. The quantitative estimate of drug-likeness (QED) is 0.283. The Balaban J connectivity index is 1.72. The van der Waals surface area contributed by atoms with Crippen LogP contribution >= 0.6 is 11.8 Å². The van der Waals surface area contributed by atoms with Crippen LogP contribution in [0.25, 0.3) is 0 Å². The normalized spacial score (nSPS) is 14.0. The molecule has 26 heavy (non-hydrogen) atoms. The maximum absolute atomic E-state index is 6.03. The van der Waals surface area contributed by atoms with Crippen molar-refractivity contribution in [2.45, 2.75) is 38.8 Å². The second-order valence-corrected chi connectivity index (χ2v) is 7.74. The van der Waals surface area contributed by atoms with Gasteiger partial charge in [0.25, 0.3) is 0 Å². The van der Waals surface area contributed by atoms with Crippen LogP contribution < -0.4 is 4.74 Å². The fourth-order valence-electron chi connectivity index (χ4n) is 2.31. The predicted octanol–water partition coefficient (Wildman–Crippen LogP) is 5.00. The molecule has 0 amide bonds. The average Bonchev–Trinajstić information content (AvgIpc) is 3.46. The van der Waals surface area contributed by atoms with Crippen molar-refractivity contribution in [1.29, 1.82) is 0 Å². The molecule has 0 radical (unpaired) electrons. The molecule has 2 aromatic rings. The summed E-state index contributed by atoms with van der Waals surface area (Å²) in [6.45, 7) is 7.10. The number of aliphatic imine (C=N–C) groups is 1. The molecular formula is C20H26N4OS. The lowest BCUT2D eigenvalue weighted by atomic mass is 10.1. The van der Waals surface area contributed by atoms with Crippen molar-refractivity contribution in [3.8, 4) is 11.6 Å². The van der Waals surface area contributed by atoms with Crippen LogP contribution in [-0.2, 0) is 0 Å². The van der Waals surface area contributed by atoms with E-state index in [1.54, 1.807) is 24.0 Å². The smallest absolute Gasteiger partial charge is 0.223 e. The number of ether oxygens (including phenoxy) is 1. The van der Waals surface area contributed by atoms with E-state index in [9.17, 15) is 0 Å². The monoisotopic (exact) mass is 370 g/mol. The van der Waals surface area contributed by atoms with E-state index >= 15 is 0 Å². The van der Waals surface area contributed by atoms with Crippen molar-refractivity contribution < 1.29 is 4.74 Å². The van der Waals surface area contributed by atoms with Gasteiger partial charge in [-0.05, 0) is 62.8 Å². The molecule has 138 valence electrons. The first-order chi connectivity index (χ1) is 12.5. The highest BCUT2D eigenvalue weighted by atomic mass is 32.2. The van der Waals surface area contributed by atoms with Crippen LogP contribution in [0.15, 0.2) is 34.5 Å². The third-order valence-corrected chi connectivity index (χ3v) is 5.45. The van der Waals surface area contributed by atoms with Crippen LogP contribution in [0.4, 0.5) is 5.69 Å². The van der Waals surface area contributed by atoms with E-state index in [0.29, 0.717) is 5.88 Å². The van der Waals surface area contributed by atoms with Crippen LogP contribution in [0.5, 0.6) is 11.6 Å². The molecule has 1 aliphatic rings. The molecule has 1 heterocycles. The number of hydrogen-bond acceptors (Lipinski definition) is 5. The standard InChI is InChI=1S/C20H26N4OS/c1-5-24(4)13-22-17-10-15(3)18(11-14(17)2)25-19-8-9-21-20(23-19)26-12-16-6-7-16/h8-11,13,16H,5-7,12H2,1-4H3/b22-13+. The molecule has 0 bridgehead atoms. The van der Waals surface area contributed by atoms with E-state index in [0.717, 1.165) is 45.9 Å². The van der Waals surface area contributed by atoms with Crippen LogP contribution in [0, 0.1) is 19.8 Å². The van der Waals surface area contributed by atoms with Crippen molar-refractivity contribution in [3.05, 3.63) is 35.5 Å². The van der Waals surface area contributed by atoms with Gasteiger partial charge in [0.15, 0.2) is 5.16 Å². The molecule has 0 aliphatic heterocycles. The molecular weight excluding hydrogens is 344 g/mol. The molecule has 3 rings (SSSR count). The highest BCUT2D eigenvalue weighted by Crippen LogP contribution is 2.35. The fourth-order valence-corrected chi connectivity index (χ4v) is 3.32. The van der Waals surface area contributed by atoms with E-state index in [2.05, 4.69) is 28.0 Å². The molecule has 0 unspecified atom stereocenters. The van der Waals surface area contributed by atoms with Gasteiger partial charge in [-0.1, -0.05) is 11.8 Å². The zero-order valence-electron chi connectivity index (χ0n) is 15.9. The molecule has 1 aromatic heterocycles. The summed E-state index contributed by atoms with van der Waals surface area (Å²) in [6, 6.07) is 5.87. The Morgan fingerprint density at radius 3 is 2.85 bits per heavy atom. The summed E-state index contributed by atoms with van der Waals surface area (Å²) in [5.74, 6) is 3.34. The number of aromatic nitrogens is 2. The van der Waals surface area contributed by atoms with E-state index < -0.39 is 0 Å². The molecule has 0 atom stereocenters. The summed E-state index contributed by atoms with van der Waals surface area (Å²) in [7, 11) is 2.01. The maximum Gasteiger partial charge on any atom is 0.223 e. The van der Waals surface area contributed by atoms with Gasteiger partial charge in [0.05, 0.1) is 12.0 Å². The number of rotatable bonds is 8. The van der Waals surface area contributed by atoms with E-state index in [1.165, 1.54) is 12.8 Å². The lowest BCUT2D eigenvalue weighted by Crippen LogP contribution is -2.14. The van der Waals surface area contributed by atoms with Gasteiger partial charge in [-0.25, -0.2) is 9.98 Å². The Morgan fingerprint density at radius 1 is 1.31 bits per heavy atom. The second-order valence-electron chi connectivity index (χ2n) is 6.76. The third-order valence-electron chi connectivity index (χ3n) is 4.35. The Bertz CT molecular complexity index is 789. The van der Waals surface area contributed by atoms with Gasteiger partial charge in [0, 0.05) is 31.6 Å². The van der Waals surface area contributed by atoms with E-state index in [4.69, 9.17) is 4.74 Å². The zero-order chi connectivity index (χ0) is 18.5. The van der Waals surface area contributed by atoms with E-state index in [-0.39, 0.29) is 0 Å². The third kappa shape index (κ3) is 5.21. The molecule has 0 spiro atoms. The largest absolute Gasteiger partial charge is 0.439 e. The summed E-state index contributed by atoms with van der Waals surface area (Å²) in [5, 5.41) is 0.785. The van der Waals surface area contributed by atoms with Gasteiger partial charge in [-0.2, -0.15) is 4.98 Å². The number of aryl methyl sites for hydroxylation is 2. The molecule has 5 nitrogen and oxygen atoms in total. The highest BCUT2D eigenvalue weighted by molar-refractivity contribution is 7.99. The minimum Gasteiger partial charge on any atom is -0.439 e. The number of hydrogen-bond donors (Lipinski definition) is 0. The summed E-state index contributed by atoms with van der Waals surface area (Å²) < 4.78 is 6.03. The molecule has 1 aromatic carbocycles. The Kier molecular flexibility index (Phi) is 6.14. The van der Waals surface area contributed by atoms with Crippen LogP contribution in [0.2, 0.25) is 0 Å². The SMILES string of the molecule is CCN(C)/C=N/c1cc(C)c(Oc2ccnc(SCC3CC3)n2)cc1C. The minimum absolute atomic E-state index is 0.586. The minimum atomic E-state index is 0.586. The summed E-state index contributed by atoms with van der Waals surface area (Å²) in [4.78, 5) is 15.5. The Hall–Kier alpha value is -2.08. The molecule has 0 saturated heterocycles. The summed E-state index contributed by atoms with van der Waals surface area (Å²) in [5.41, 5.74) is 3.06. The predicted molar refractivity (Wildman–Crippen MR) is 108 cm³/mol. The van der Waals surface area contributed by atoms with Gasteiger partial charge in [0.2, 0.25) is 5.88 Å². The van der Waals surface area contributed by atoms with Gasteiger partial charge in [-0.3, -0.25) is 0 Å². The lowest BCUT2D eigenvalue weighted by molar-refractivity contribution is 0.452. The van der Waals surface area contributed by atoms with Crippen molar-refractivity contribution in [3.63, 3.8) is 0 Å².